The van der Waals surface area contributed by atoms with Crippen LogP contribution in [0.15, 0.2) is 12.2 Å². The fourth-order valence-electron chi connectivity index (χ4n) is 0.924. The molecule has 1 unspecified atom stereocenters. The van der Waals surface area contributed by atoms with Crippen molar-refractivity contribution in [2.24, 2.45) is 0 Å². The fourth-order valence-corrected chi connectivity index (χ4v) is 0.924. The van der Waals surface area contributed by atoms with E-state index in [1.807, 2.05) is 0 Å². The van der Waals surface area contributed by atoms with Gasteiger partial charge in [-0.15, -0.1) is 0 Å². The quantitative estimate of drug-likeness (QED) is 0.325. The van der Waals surface area contributed by atoms with E-state index in [1.54, 1.807) is 0 Å². The second kappa shape index (κ2) is 1.90. The smallest absolute Gasteiger partial charge is 0.129 e. The molecule has 0 amide bonds. The van der Waals surface area contributed by atoms with Crippen LogP contribution in [0.25, 0.3) is 0 Å². The van der Waals surface area contributed by atoms with E-state index in [0.717, 1.165) is 11.0 Å². The van der Waals surface area contributed by atoms with Gasteiger partial charge in [0.25, 0.3) is 0 Å². The fraction of sp³-hybridized carbons (Fsp3) is 0.571. The Morgan fingerprint density at radius 2 is 2.25 bits per heavy atom. The summed E-state index contributed by atoms with van der Waals surface area (Å²) in [5.74, 6) is 0. The van der Waals surface area contributed by atoms with E-state index in [2.05, 4.69) is 26.2 Å². The average molecular weight is 111 g/mol. The molecule has 1 aliphatic rings. The van der Waals surface area contributed by atoms with Crippen LogP contribution in [-0.2, 0) is 0 Å². The third-order valence-corrected chi connectivity index (χ3v) is 1.55. The molecule has 0 aromatic carbocycles. The van der Waals surface area contributed by atoms with E-state index in [4.69, 9.17) is 0 Å². The topological polar surface area (TPSA) is 0 Å². The zero-order valence-electron chi connectivity index (χ0n) is 5.43. The first kappa shape index (κ1) is 5.83. The van der Waals surface area contributed by atoms with Gasteiger partial charge in [0.15, 0.2) is 0 Å². The van der Waals surface area contributed by atoms with Crippen LogP contribution in [0, 0.1) is 7.05 Å². The highest BCUT2D eigenvalue weighted by Crippen LogP contribution is 2.06. The van der Waals surface area contributed by atoms with Gasteiger partial charge >= 0.3 is 0 Å². The predicted octanol–water partition coefficient (Wildman–Crippen LogP) is 1.18. The molecule has 0 aromatic heterocycles. The molecule has 0 aromatic rings. The molecule has 0 aliphatic carbocycles. The summed E-state index contributed by atoms with van der Waals surface area (Å²) in [7, 11) is 6.17. The molecule has 45 valence electrons. The maximum absolute atomic E-state index is 4.02. The molecule has 8 heavy (non-hydrogen) atoms. The van der Waals surface area contributed by atoms with Crippen LogP contribution in [0.3, 0.4) is 0 Å². The molecule has 0 saturated heterocycles. The lowest BCUT2D eigenvalue weighted by molar-refractivity contribution is -0.861. The van der Waals surface area contributed by atoms with E-state index in [-0.39, 0.29) is 0 Å². The molecule has 1 heterocycles. The van der Waals surface area contributed by atoms with E-state index in [1.165, 1.54) is 13.0 Å². The Hall–Kier alpha value is -0.300. The highest BCUT2D eigenvalue weighted by atomic mass is 15.3. The van der Waals surface area contributed by atoms with Gasteiger partial charge in [-0.1, -0.05) is 6.08 Å². The summed E-state index contributed by atoms with van der Waals surface area (Å²) >= 11 is 0. The zero-order valence-corrected chi connectivity index (χ0v) is 5.43. The Morgan fingerprint density at radius 1 is 1.50 bits per heavy atom. The Balaban J connectivity index is 2.50. The molecule has 1 heteroatoms. The molecule has 0 spiro atoms. The van der Waals surface area contributed by atoms with Crippen molar-refractivity contribution in [3.8, 4) is 0 Å². The largest absolute Gasteiger partial charge is 0.318 e. The van der Waals surface area contributed by atoms with Gasteiger partial charge in [-0.2, -0.15) is 0 Å². The Bertz CT molecular complexity index is 103. The van der Waals surface area contributed by atoms with Crippen LogP contribution in [0.5, 0.6) is 0 Å². The molecule has 0 bridgehead atoms. The minimum atomic E-state index is 0.913. The molecule has 1 nitrogen and oxygen atoms in total. The molecule has 1 aliphatic heterocycles. The van der Waals surface area contributed by atoms with E-state index < -0.39 is 0 Å². The van der Waals surface area contributed by atoms with Crippen LogP contribution < -0.4 is 0 Å². The number of hydrogen-bond acceptors (Lipinski definition) is 0. The predicted molar refractivity (Wildman–Crippen MR) is 35.0 cm³/mol. The maximum atomic E-state index is 4.02. The van der Waals surface area contributed by atoms with Crippen molar-refractivity contribution in [3.05, 3.63) is 19.2 Å². The van der Waals surface area contributed by atoms with Crippen LogP contribution in [0.2, 0.25) is 0 Å². The van der Waals surface area contributed by atoms with E-state index in [9.17, 15) is 0 Å². The lowest BCUT2D eigenvalue weighted by Gasteiger charge is -2.29. The summed E-state index contributed by atoms with van der Waals surface area (Å²) in [6, 6.07) is 0. The minimum Gasteiger partial charge on any atom is -0.318 e. The standard InChI is InChI=1S/C7H13N/c1-8(2)6-4-3-5-7-8/h3-4H,1,5-7H2,2H3/q+1. The number of hydrogen-bond donors (Lipinski definition) is 0. The summed E-state index contributed by atoms with van der Waals surface area (Å²) in [4.78, 5) is 0. The zero-order chi connectivity index (χ0) is 6.04. The third-order valence-electron chi connectivity index (χ3n) is 1.55. The lowest BCUT2D eigenvalue weighted by atomic mass is 10.2. The van der Waals surface area contributed by atoms with Crippen molar-refractivity contribution in [2.45, 2.75) is 6.42 Å². The first-order chi connectivity index (χ1) is 3.71. The van der Waals surface area contributed by atoms with E-state index >= 15 is 0 Å². The maximum Gasteiger partial charge on any atom is 0.129 e. The monoisotopic (exact) mass is 111 g/mol. The molecule has 1 atom stereocenters. The summed E-state index contributed by atoms with van der Waals surface area (Å²) in [6.07, 6.45) is 5.63. The average Bonchev–Trinajstić information content (AvgIpc) is 1.65. The number of nitrogens with zero attached hydrogens (tertiary/aromatic N) is 1. The molecule has 1 radical (unpaired) electrons. The van der Waals surface area contributed by atoms with Gasteiger partial charge < -0.3 is 4.48 Å². The summed E-state index contributed by atoms with van der Waals surface area (Å²) in [5.41, 5.74) is 0. The van der Waals surface area contributed by atoms with Crippen molar-refractivity contribution in [1.82, 2.24) is 0 Å². The van der Waals surface area contributed by atoms with Crippen molar-refractivity contribution < 1.29 is 4.48 Å². The summed E-state index contributed by atoms with van der Waals surface area (Å²) in [6.45, 7) is 2.29. The van der Waals surface area contributed by atoms with Gasteiger partial charge in [-0.25, -0.2) is 0 Å². The van der Waals surface area contributed by atoms with Gasteiger partial charge in [-0.05, 0) is 6.08 Å². The minimum absolute atomic E-state index is 0.913. The molecule has 0 N–H and O–H groups in total. The highest BCUT2D eigenvalue weighted by Gasteiger charge is 2.14. The van der Waals surface area contributed by atoms with Gasteiger partial charge in [0.05, 0.1) is 20.1 Å². The number of rotatable bonds is 0. The van der Waals surface area contributed by atoms with Gasteiger partial charge in [0, 0.05) is 6.42 Å². The van der Waals surface area contributed by atoms with Crippen LogP contribution in [0.4, 0.5) is 0 Å². The molecular formula is C7H13N+. The lowest BCUT2D eigenvalue weighted by Crippen LogP contribution is -2.39. The summed E-state index contributed by atoms with van der Waals surface area (Å²) < 4.78 is 0.913. The van der Waals surface area contributed by atoms with Gasteiger partial charge in [0.1, 0.15) is 7.05 Å². The third kappa shape index (κ3) is 1.34. The molecular weight excluding hydrogens is 98.1 g/mol. The summed E-state index contributed by atoms with van der Waals surface area (Å²) in [5, 5.41) is 0. The molecule has 0 saturated carbocycles. The normalized spacial score (nSPS) is 25.8. The van der Waals surface area contributed by atoms with E-state index in [0.29, 0.717) is 0 Å². The Labute approximate surface area is 51.2 Å². The van der Waals surface area contributed by atoms with Gasteiger partial charge in [0.2, 0.25) is 0 Å². The first-order valence-electron chi connectivity index (χ1n) is 3.05. The SMILES string of the molecule is [CH2][N+]1(C)CC=CCC1. The van der Waals surface area contributed by atoms with Gasteiger partial charge in [-0.3, -0.25) is 0 Å². The molecule has 0 fully saturated rings. The second-order valence-electron chi connectivity index (χ2n) is 2.79. The molecule has 1 rings (SSSR count). The van der Waals surface area contributed by atoms with Crippen molar-refractivity contribution in [2.75, 3.05) is 20.1 Å². The second-order valence-corrected chi connectivity index (χ2v) is 2.79. The van der Waals surface area contributed by atoms with Crippen LogP contribution in [-0.4, -0.2) is 24.6 Å². The van der Waals surface area contributed by atoms with Crippen molar-refractivity contribution in [3.63, 3.8) is 0 Å². The first-order valence-corrected chi connectivity index (χ1v) is 3.05. The number of likely N-dealkylation sites (N-methyl/N-ethyl adjacent to an activating group) is 1. The number of quaternary nitrogens is 1. The van der Waals surface area contributed by atoms with Crippen LogP contribution in [0.1, 0.15) is 6.42 Å². The van der Waals surface area contributed by atoms with Crippen molar-refractivity contribution >= 4 is 0 Å². The van der Waals surface area contributed by atoms with Crippen LogP contribution >= 0.6 is 0 Å². The Morgan fingerprint density at radius 3 is 2.50 bits per heavy atom. The highest BCUT2D eigenvalue weighted by molar-refractivity contribution is 4.84. The Kier molecular flexibility index (Phi) is 1.39. The van der Waals surface area contributed by atoms with Crippen molar-refractivity contribution in [1.29, 1.82) is 0 Å².